The largest absolute Gasteiger partial charge is 0.303 e. The fourth-order valence-corrected chi connectivity index (χ4v) is 6.48. The van der Waals surface area contributed by atoms with Crippen molar-refractivity contribution in [2.45, 2.75) is 194 Å². The predicted octanol–water partition coefficient (Wildman–Crippen LogP) is 12.7. The average Bonchev–Trinajstić information content (AvgIpc) is 3.06. The van der Waals surface area contributed by atoms with E-state index in [9.17, 15) is 0 Å². The molecule has 0 aliphatic heterocycles. The van der Waals surface area contributed by atoms with Crippen LogP contribution in [0.15, 0.2) is 35.3 Å². The number of hydrogen-bond acceptors (Lipinski definition) is 3. The van der Waals surface area contributed by atoms with Crippen molar-refractivity contribution in [1.29, 1.82) is 0 Å². The average molecular weight is 641 g/mol. The summed E-state index contributed by atoms with van der Waals surface area (Å²) in [5, 5.41) is 2.00. The number of rotatable bonds is 34. The molecule has 0 saturated carbocycles. The van der Waals surface area contributed by atoms with E-state index in [0.717, 1.165) is 18.1 Å². The minimum absolute atomic E-state index is 0.780. The minimum Gasteiger partial charge on any atom is -0.303 e. The van der Waals surface area contributed by atoms with E-state index in [1.165, 1.54) is 193 Å². The van der Waals surface area contributed by atoms with Crippen molar-refractivity contribution in [3.05, 3.63) is 35.9 Å². The SMILES string of the molecule is CCCCCCCCCCCCCCCCN(CCCCCCCCCCCCCCCC)CN=C(NN(C)C)c1ccccc1. The van der Waals surface area contributed by atoms with E-state index in [2.05, 4.69) is 54.5 Å². The van der Waals surface area contributed by atoms with Gasteiger partial charge in [-0.1, -0.05) is 211 Å². The molecule has 0 radical (unpaired) electrons. The first-order valence-corrected chi connectivity index (χ1v) is 20.4. The molecule has 0 unspecified atom stereocenters. The second-order valence-electron chi connectivity index (χ2n) is 14.3. The normalized spacial score (nSPS) is 12.1. The van der Waals surface area contributed by atoms with Crippen LogP contribution in [0.1, 0.15) is 199 Å². The van der Waals surface area contributed by atoms with Crippen LogP contribution in [0.4, 0.5) is 0 Å². The number of hydrogen-bond donors (Lipinski definition) is 1. The van der Waals surface area contributed by atoms with E-state index < -0.39 is 0 Å². The zero-order valence-corrected chi connectivity index (χ0v) is 31.6. The summed E-state index contributed by atoms with van der Waals surface area (Å²) in [6, 6.07) is 10.6. The summed E-state index contributed by atoms with van der Waals surface area (Å²) < 4.78 is 0. The molecular formula is C42H80N4. The van der Waals surface area contributed by atoms with Crippen molar-refractivity contribution in [3.63, 3.8) is 0 Å². The number of nitrogens with zero attached hydrogens (tertiary/aromatic N) is 3. The van der Waals surface area contributed by atoms with Crippen LogP contribution in [0.2, 0.25) is 0 Å². The second kappa shape index (κ2) is 33.5. The van der Waals surface area contributed by atoms with E-state index >= 15 is 0 Å². The van der Waals surface area contributed by atoms with Crippen molar-refractivity contribution in [3.8, 4) is 0 Å². The molecule has 0 fully saturated rings. The zero-order valence-electron chi connectivity index (χ0n) is 31.6. The molecule has 4 nitrogen and oxygen atoms in total. The molecule has 0 aliphatic rings. The highest BCUT2D eigenvalue weighted by Crippen LogP contribution is 2.15. The summed E-state index contributed by atoms with van der Waals surface area (Å²) in [6.45, 7) is 7.73. The lowest BCUT2D eigenvalue weighted by Crippen LogP contribution is -2.38. The van der Waals surface area contributed by atoms with Crippen LogP contribution in [0.3, 0.4) is 0 Å². The van der Waals surface area contributed by atoms with E-state index in [-0.39, 0.29) is 0 Å². The molecule has 268 valence electrons. The first-order chi connectivity index (χ1) is 22.7. The van der Waals surface area contributed by atoms with Crippen LogP contribution in [0.25, 0.3) is 0 Å². The minimum atomic E-state index is 0.780. The van der Waals surface area contributed by atoms with Crippen LogP contribution >= 0.6 is 0 Å². The summed E-state index contributed by atoms with van der Waals surface area (Å²) in [7, 11) is 4.08. The maximum absolute atomic E-state index is 5.09. The molecule has 0 bridgehead atoms. The molecule has 0 aliphatic carbocycles. The van der Waals surface area contributed by atoms with Gasteiger partial charge < -0.3 is 5.43 Å². The molecule has 1 aromatic carbocycles. The number of amidine groups is 1. The highest BCUT2D eigenvalue weighted by molar-refractivity contribution is 5.98. The summed E-state index contributed by atoms with van der Waals surface area (Å²) in [4.78, 5) is 7.71. The third-order valence-corrected chi connectivity index (χ3v) is 9.46. The van der Waals surface area contributed by atoms with Crippen molar-refractivity contribution in [1.82, 2.24) is 15.3 Å². The maximum atomic E-state index is 5.09. The van der Waals surface area contributed by atoms with Crippen molar-refractivity contribution in [2.24, 2.45) is 4.99 Å². The van der Waals surface area contributed by atoms with Crippen LogP contribution in [-0.2, 0) is 0 Å². The summed E-state index contributed by atoms with van der Waals surface area (Å²) >= 11 is 0. The molecule has 1 N–H and O–H groups in total. The Morgan fingerprint density at radius 2 is 0.804 bits per heavy atom. The topological polar surface area (TPSA) is 30.9 Å². The molecule has 1 aromatic rings. The van der Waals surface area contributed by atoms with Crippen molar-refractivity contribution >= 4 is 5.84 Å². The molecule has 0 saturated heterocycles. The van der Waals surface area contributed by atoms with Gasteiger partial charge in [-0.25, -0.2) is 5.01 Å². The number of benzene rings is 1. The van der Waals surface area contributed by atoms with Crippen molar-refractivity contribution < 1.29 is 0 Å². The molecule has 0 amide bonds. The summed E-state index contributed by atoms with van der Waals surface area (Å²) in [5.41, 5.74) is 4.60. The van der Waals surface area contributed by atoms with Gasteiger partial charge in [-0.3, -0.25) is 9.89 Å². The van der Waals surface area contributed by atoms with Gasteiger partial charge in [-0.05, 0) is 25.9 Å². The molecular weight excluding hydrogens is 560 g/mol. The number of nitrogens with one attached hydrogen (secondary N) is 1. The predicted molar refractivity (Wildman–Crippen MR) is 207 cm³/mol. The Balaban J connectivity index is 2.31. The zero-order chi connectivity index (χ0) is 33.2. The Kier molecular flexibility index (Phi) is 31.1. The van der Waals surface area contributed by atoms with Gasteiger partial charge in [0, 0.05) is 19.7 Å². The Morgan fingerprint density at radius 3 is 1.13 bits per heavy atom. The fraction of sp³-hybridized carbons (Fsp3) is 0.833. The van der Waals surface area contributed by atoms with Crippen LogP contribution < -0.4 is 5.43 Å². The van der Waals surface area contributed by atoms with Crippen molar-refractivity contribution in [2.75, 3.05) is 33.9 Å². The van der Waals surface area contributed by atoms with Gasteiger partial charge in [0.15, 0.2) is 0 Å². The molecule has 0 aromatic heterocycles. The molecule has 0 heterocycles. The Bertz CT molecular complexity index is 730. The maximum Gasteiger partial charge on any atom is 0.144 e. The van der Waals surface area contributed by atoms with Gasteiger partial charge >= 0.3 is 0 Å². The highest BCUT2D eigenvalue weighted by Gasteiger charge is 2.08. The molecule has 46 heavy (non-hydrogen) atoms. The highest BCUT2D eigenvalue weighted by atomic mass is 15.5. The fourth-order valence-electron chi connectivity index (χ4n) is 6.48. The van der Waals surface area contributed by atoms with E-state index in [0.29, 0.717) is 0 Å². The lowest BCUT2D eigenvalue weighted by Gasteiger charge is -2.22. The molecule has 1 rings (SSSR count). The van der Waals surface area contributed by atoms with Gasteiger partial charge in [0.25, 0.3) is 0 Å². The summed E-state index contributed by atoms with van der Waals surface area (Å²) in [6.07, 6.45) is 39.7. The smallest absolute Gasteiger partial charge is 0.144 e. The van der Waals surface area contributed by atoms with Gasteiger partial charge in [0.1, 0.15) is 5.84 Å². The van der Waals surface area contributed by atoms with Gasteiger partial charge in [0.05, 0.1) is 6.67 Å². The number of hydrazine groups is 1. The van der Waals surface area contributed by atoms with Crippen LogP contribution in [0.5, 0.6) is 0 Å². The number of unbranched alkanes of at least 4 members (excludes halogenated alkanes) is 26. The van der Waals surface area contributed by atoms with E-state index in [4.69, 9.17) is 4.99 Å². The first-order valence-electron chi connectivity index (χ1n) is 20.4. The molecule has 0 atom stereocenters. The first kappa shape index (κ1) is 42.6. The Hall–Kier alpha value is -1.39. The second-order valence-corrected chi connectivity index (χ2v) is 14.3. The summed E-state index contributed by atoms with van der Waals surface area (Å²) in [5.74, 6) is 0.970. The standard InChI is InChI=1S/C42H80N4/c1-5-7-9-11-13-15-17-19-21-23-25-27-29-34-38-46(40-43-42(44-45(3)4)41-36-32-31-33-37-41)39-35-30-28-26-24-22-20-18-16-14-12-10-8-6-2/h31-33,36-37H,5-30,34-35,38-40H2,1-4H3,(H,43,44). The van der Waals surface area contributed by atoms with Gasteiger partial charge in [-0.15, -0.1) is 0 Å². The lowest BCUT2D eigenvalue weighted by atomic mass is 10.0. The Morgan fingerprint density at radius 1 is 0.478 bits per heavy atom. The third-order valence-electron chi connectivity index (χ3n) is 9.46. The molecule has 4 heteroatoms. The van der Waals surface area contributed by atoms with E-state index in [1.807, 2.05) is 19.1 Å². The van der Waals surface area contributed by atoms with Crippen LogP contribution in [0, 0.1) is 0 Å². The van der Waals surface area contributed by atoms with Gasteiger partial charge in [-0.2, -0.15) is 0 Å². The Labute approximate surface area is 289 Å². The van der Waals surface area contributed by atoms with Gasteiger partial charge in [0.2, 0.25) is 0 Å². The third kappa shape index (κ3) is 27.7. The van der Waals surface area contributed by atoms with Crippen LogP contribution in [-0.4, -0.2) is 49.6 Å². The van der Waals surface area contributed by atoms with E-state index in [1.54, 1.807) is 0 Å². The monoisotopic (exact) mass is 641 g/mol. The number of aliphatic imine (C=N–C) groups is 1. The quantitative estimate of drug-likeness (QED) is 0.0352. The molecule has 0 spiro atoms. The lowest BCUT2D eigenvalue weighted by molar-refractivity contribution is 0.266.